The van der Waals surface area contributed by atoms with E-state index in [0.29, 0.717) is 19.1 Å². The van der Waals surface area contributed by atoms with Crippen molar-refractivity contribution in [2.45, 2.75) is 12.7 Å². The van der Waals surface area contributed by atoms with E-state index in [9.17, 15) is 0 Å². The number of pyridine rings is 1. The molecule has 1 saturated heterocycles. The summed E-state index contributed by atoms with van der Waals surface area (Å²) in [6.07, 6.45) is 1.75. The van der Waals surface area contributed by atoms with E-state index >= 15 is 0 Å². The highest BCUT2D eigenvalue weighted by Gasteiger charge is 2.20. The maximum atomic E-state index is 8.77. The molecule has 0 spiro atoms. The van der Waals surface area contributed by atoms with Gasteiger partial charge in [0.25, 0.3) is 0 Å². The van der Waals surface area contributed by atoms with Crippen LogP contribution in [0, 0.1) is 0 Å². The number of rotatable bonds is 3. The molecule has 1 fully saturated rings. The lowest BCUT2D eigenvalue weighted by atomic mass is 10.3. The minimum absolute atomic E-state index is 0.0137. The van der Waals surface area contributed by atoms with Crippen LogP contribution in [0.3, 0.4) is 0 Å². The van der Waals surface area contributed by atoms with Gasteiger partial charge in [0, 0.05) is 12.3 Å². The summed E-state index contributed by atoms with van der Waals surface area (Å²) in [7, 11) is 0. The molecule has 0 bridgehead atoms. The number of nitrogens with zero attached hydrogens (tertiary/aromatic N) is 1. The van der Waals surface area contributed by atoms with E-state index in [1.165, 1.54) is 0 Å². The number of aliphatic hydroxyl groups excluding tert-OH is 1. The minimum Gasteiger partial charge on any atom is -0.469 e. The molecule has 1 aromatic rings. The molecule has 13 heavy (non-hydrogen) atoms. The zero-order valence-corrected chi connectivity index (χ0v) is 7.14. The Morgan fingerprint density at radius 3 is 2.85 bits per heavy atom. The first-order valence-electron chi connectivity index (χ1n) is 4.18. The van der Waals surface area contributed by atoms with E-state index in [1.807, 2.05) is 0 Å². The Morgan fingerprint density at radius 2 is 2.38 bits per heavy atom. The molecule has 4 nitrogen and oxygen atoms in total. The molecule has 4 heteroatoms. The average Bonchev–Trinajstić information content (AvgIpc) is 2.12. The summed E-state index contributed by atoms with van der Waals surface area (Å²) >= 11 is 0. The van der Waals surface area contributed by atoms with E-state index < -0.39 is 0 Å². The first kappa shape index (κ1) is 8.47. The van der Waals surface area contributed by atoms with Crippen LogP contribution in [-0.4, -0.2) is 29.4 Å². The fourth-order valence-corrected chi connectivity index (χ4v) is 1.03. The van der Waals surface area contributed by atoms with Crippen molar-refractivity contribution in [3.63, 3.8) is 0 Å². The van der Waals surface area contributed by atoms with E-state index in [4.69, 9.17) is 14.6 Å². The highest BCUT2D eigenvalue weighted by atomic mass is 16.6. The lowest BCUT2D eigenvalue weighted by Crippen LogP contribution is -2.38. The van der Waals surface area contributed by atoms with Gasteiger partial charge in [-0.1, -0.05) is 0 Å². The second kappa shape index (κ2) is 3.72. The topological polar surface area (TPSA) is 51.6 Å². The average molecular weight is 181 g/mol. The third kappa shape index (κ3) is 1.96. The molecule has 70 valence electrons. The summed E-state index contributed by atoms with van der Waals surface area (Å²) in [4.78, 5) is 4.03. The van der Waals surface area contributed by atoms with Crippen LogP contribution in [0.2, 0.25) is 0 Å². The second-order valence-electron chi connectivity index (χ2n) is 2.94. The highest BCUT2D eigenvalue weighted by Crippen LogP contribution is 2.13. The first-order valence-corrected chi connectivity index (χ1v) is 4.18. The largest absolute Gasteiger partial charge is 0.469 e. The fraction of sp³-hybridized carbons (Fsp3) is 0.444. The predicted molar refractivity (Wildman–Crippen MR) is 45.4 cm³/mol. The Kier molecular flexibility index (Phi) is 2.42. The van der Waals surface area contributed by atoms with Gasteiger partial charge in [-0.05, 0) is 11.6 Å². The van der Waals surface area contributed by atoms with E-state index in [1.54, 1.807) is 18.3 Å². The van der Waals surface area contributed by atoms with Gasteiger partial charge in [-0.2, -0.15) is 0 Å². The monoisotopic (exact) mass is 181 g/mol. The summed E-state index contributed by atoms with van der Waals surface area (Å²) in [6, 6.07) is 3.55. The quantitative estimate of drug-likeness (QED) is 0.731. The van der Waals surface area contributed by atoms with Gasteiger partial charge >= 0.3 is 0 Å². The SMILES string of the molecule is OCc1ccc(OC2COC2)nc1. The van der Waals surface area contributed by atoms with Crippen LogP contribution in [0.25, 0.3) is 0 Å². The Labute approximate surface area is 76.1 Å². The van der Waals surface area contributed by atoms with Gasteiger partial charge in [-0.15, -0.1) is 0 Å². The van der Waals surface area contributed by atoms with Crippen LogP contribution in [0.4, 0.5) is 0 Å². The number of hydrogen-bond donors (Lipinski definition) is 1. The van der Waals surface area contributed by atoms with Crippen LogP contribution in [0.1, 0.15) is 5.56 Å². The van der Waals surface area contributed by atoms with Crippen molar-refractivity contribution in [3.8, 4) is 5.88 Å². The number of ether oxygens (including phenoxy) is 2. The molecule has 1 aromatic heterocycles. The normalized spacial score (nSPS) is 16.7. The maximum Gasteiger partial charge on any atom is 0.213 e. The molecular weight excluding hydrogens is 170 g/mol. The van der Waals surface area contributed by atoms with E-state index in [2.05, 4.69) is 4.98 Å². The summed E-state index contributed by atoms with van der Waals surface area (Å²) < 4.78 is 10.4. The number of hydrogen-bond acceptors (Lipinski definition) is 4. The highest BCUT2D eigenvalue weighted by molar-refractivity contribution is 5.17. The maximum absolute atomic E-state index is 8.77. The molecule has 2 heterocycles. The third-order valence-electron chi connectivity index (χ3n) is 1.88. The van der Waals surface area contributed by atoms with Gasteiger partial charge in [0.15, 0.2) is 0 Å². The molecule has 0 unspecified atom stereocenters. The summed E-state index contributed by atoms with van der Waals surface area (Å²) in [6.45, 7) is 1.30. The van der Waals surface area contributed by atoms with Crippen molar-refractivity contribution in [3.05, 3.63) is 23.9 Å². The summed E-state index contributed by atoms with van der Waals surface area (Å²) in [5.41, 5.74) is 0.789. The van der Waals surface area contributed by atoms with Gasteiger partial charge in [-0.25, -0.2) is 4.98 Å². The molecule has 1 aliphatic heterocycles. The molecule has 0 radical (unpaired) electrons. The zero-order valence-electron chi connectivity index (χ0n) is 7.14. The molecular formula is C9H11NO3. The summed E-state index contributed by atoms with van der Waals surface area (Å²) in [5.74, 6) is 0.588. The van der Waals surface area contributed by atoms with Crippen LogP contribution < -0.4 is 4.74 Å². The van der Waals surface area contributed by atoms with Crippen molar-refractivity contribution < 1.29 is 14.6 Å². The second-order valence-corrected chi connectivity index (χ2v) is 2.94. The molecule has 0 amide bonds. The van der Waals surface area contributed by atoms with Gasteiger partial charge in [0.05, 0.1) is 19.8 Å². The molecule has 0 aliphatic carbocycles. The van der Waals surface area contributed by atoms with Crippen LogP contribution >= 0.6 is 0 Å². The van der Waals surface area contributed by atoms with Gasteiger partial charge in [0.2, 0.25) is 5.88 Å². The molecule has 0 aromatic carbocycles. The van der Waals surface area contributed by atoms with Crippen LogP contribution in [0.15, 0.2) is 18.3 Å². The smallest absolute Gasteiger partial charge is 0.213 e. The molecule has 1 aliphatic rings. The Morgan fingerprint density at radius 1 is 1.54 bits per heavy atom. The van der Waals surface area contributed by atoms with Gasteiger partial charge < -0.3 is 14.6 Å². The van der Waals surface area contributed by atoms with Crippen molar-refractivity contribution in [2.24, 2.45) is 0 Å². The van der Waals surface area contributed by atoms with Crippen LogP contribution in [-0.2, 0) is 11.3 Å². The van der Waals surface area contributed by atoms with Crippen molar-refractivity contribution in [1.82, 2.24) is 4.98 Å². The Bertz CT molecular complexity index is 269. The van der Waals surface area contributed by atoms with E-state index in [0.717, 1.165) is 5.56 Å². The number of aliphatic hydroxyl groups is 1. The minimum atomic E-state index is 0.0137. The molecule has 0 atom stereocenters. The van der Waals surface area contributed by atoms with Crippen molar-refractivity contribution >= 4 is 0 Å². The predicted octanol–water partition coefficient (Wildman–Crippen LogP) is 0.352. The zero-order chi connectivity index (χ0) is 9.10. The Hall–Kier alpha value is -1.13. The molecule has 1 N–H and O–H groups in total. The van der Waals surface area contributed by atoms with Gasteiger partial charge in [-0.3, -0.25) is 0 Å². The van der Waals surface area contributed by atoms with Crippen LogP contribution in [0.5, 0.6) is 5.88 Å². The molecule has 0 saturated carbocycles. The number of aromatic nitrogens is 1. The molecule has 2 rings (SSSR count). The van der Waals surface area contributed by atoms with E-state index in [-0.39, 0.29) is 12.7 Å². The Balaban J connectivity index is 1.96. The summed E-state index contributed by atoms with van der Waals surface area (Å²) in [5, 5.41) is 8.77. The third-order valence-corrected chi connectivity index (χ3v) is 1.88. The lowest BCUT2D eigenvalue weighted by molar-refractivity contribution is -0.0813. The lowest BCUT2D eigenvalue weighted by Gasteiger charge is -2.25. The van der Waals surface area contributed by atoms with Crippen molar-refractivity contribution in [1.29, 1.82) is 0 Å². The van der Waals surface area contributed by atoms with Gasteiger partial charge in [0.1, 0.15) is 6.10 Å². The standard InChI is InChI=1S/C9H11NO3/c11-4-7-1-2-9(10-3-7)13-8-5-12-6-8/h1-3,8,11H,4-6H2. The fourth-order valence-electron chi connectivity index (χ4n) is 1.03. The van der Waals surface area contributed by atoms with Crippen molar-refractivity contribution in [2.75, 3.05) is 13.2 Å². The first-order chi connectivity index (χ1) is 6.38.